The highest BCUT2D eigenvalue weighted by Gasteiger charge is 2.29. The third-order valence-electron chi connectivity index (χ3n) is 4.12. The van der Waals surface area contributed by atoms with Crippen LogP contribution >= 0.6 is 11.3 Å². The summed E-state index contributed by atoms with van der Waals surface area (Å²) in [4.78, 5) is 13.7. The molecule has 4 nitrogen and oxygen atoms in total. The zero-order valence-electron chi connectivity index (χ0n) is 13.7. The zero-order valence-corrected chi connectivity index (χ0v) is 14.5. The summed E-state index contributed by atoms with van der Waals surface area (Å²) >= 11 is 1.53. The van der Waals surface area contributed by atoms with Crippen LogP contribution in [0.4, 0.5) is 4.39 Å². The van der Waals surface area contributed by atoms with E-state index in [1.165, 1.54) is 23.5 Å². The second-order valence-corrected chi connectivity index (χ2v) is 6.85. The van der Waals surface area contributed by atoms with Gasteiger partial charge in [0.25, 0.3) is 5.91 Å². The predicted molar refractivity (Wildman–Crippen MR) is 97.1 cm³/mol. The van der Waals surface area contributed by atoms with Crippen LogP contribution in [0.15, 0.2) is 66.0 Å². The smallest absolute Gasteiger partial charge is 0.265 e. The van der Waals surface area contributed by atoms with Gasteiger partial charge in [-0.2, -0.15) is 0 Å². The number of fused-ring (bicyclic) bond motifs is 1. The fourth-order valence-corrected chi connectivity index (χ4v) is 3.62. The normalized spacial score (nSPS) is 16.7. The zero-order chi connectivity index (χ0) is 17.9. The van der Waals surface area contributed by atoms with Gasteiger partial charge in [-0.3, -0.25) is 4.79 Å². The first-order valence-corrected chi connectivity index (χ1v) is 9.06. The Morgan fingerprint density at radius 1 is 1.08 bits per heavy atom. The van der Waals surface area contributed by atoms with E-state index in [-0.39, 0.29) is 24.4 Å². The molecule has 0 bridgehead atoms. The van der Waals surface area contributed by atoms with Crippen LogP contribution in [0.25, 0.3) is 0 Å². The van der Waals surface area contributed by atoms with Crippen molar-refractivity contribution in [2.24, 2.45) is 0 Å². The van der Waals surface area contributed by atoms with Crippen molar-refractivity contribution < 1.29 is 18.7 Å². The SMILES string of the molecule is O=C(NC(c1ccc(F)cc1)c1cccs1)C1COc2ccccc2O1. The summed E-state index contributed by atoms with van der Waals surface area (Å²) in [6.07, 6.45) is -0.743. The summed E-state index contributed by atoms with van der Waals surface area (Å²) in [5.41, 5.74) is 0.805. The van der Waals surface area contributed by atoms with E-state index in [4.69, 9.17) is 9.47 Å². The van der Waals surface area contributed by atoms with Gasteiger partial charge in [-0.1, -0.05) is 30.3 Å². The molecule has 2 atom stereocenters. The fraction of sp³-hybridized carbons (Fsp3) is 0.150. The van der Waals surface area contributed by atoms with Gasteiger partial charge < -0.3 is 14.8 Å². The van der Waals surface area contributed by atoms with Gasteiger partial charge in [-0.25, -0.2) is 4.39 Å². The molecule has 132 valence electrons. The molecule has 26 heavy (non-hydrogen) atoms. The standard InChI is InChI=1S/C20H16FNO3S/c21-14-9-7-13(8-10-14)19(18-6-3-11-26-18)22-20(23)17-12-24-15-4-1-2-5-16(15)25-17/h1-11,17,19H,12H2,(H,22,23). The minimum absolute atomic E-state index is 0.142. The molecule has 1 amide bonds. The van der Waals surface area contributed by atoms with Gasteiger partial charge in [0.15, 0.2) is 11.5 Å². The number of carbonyl (C=O) groups is 1. The van der Waals surface area contributed by atoms with Gasteiger partial charge in [0, 0.05) is 4.88 Å². The Morgan fingerprint density at radius 2 is 1.85 bits per heavy atom. The molecule has 0 aliphatic carbocycles. The lowest BCUT2D eigenvalue weighted by molar-refractivity contribution is -0.130. The Bertz CT molecular complexity index is 896. The number of hydrogen-bond acceptors (Lipinski definition) is 4. The average Bonchev–Trinajstić information content (AvgIpc) is 3.21. The highest BCUT2D eigenvalue weighted by atomic mass is 32.1. The number of amides is 1. The van der Waals surface area contributed by atoms with E-state index in [2.05, 4.69) is 5.32 Å². The van der Waals surface area contributed by atoms with Crippen LogP contribution in [0.1, 0.15) is 16.5 Å². The Labute approximate surface area is 154 Å². The minimum atomic E-state index is -0.743. The number of para-hydroxylation sites is 2. The molecule has 1 aliphatic rings. The number of carbonyl (C=O) groups excluding carboxylic acids is 1. The van der Waals surface area contributed by atoms with Crippen LogP contribution in [0.2, 0.25) is 0 Å². The lowest BCUT2D eigenvalue weighted by Crippen LogP contribution is -2.45. The number of nitrogens with one attached hydrogen (secondary N) is 1. The van der Waals surface area contributed by atoms with Gasteiger partial charge in [0.2, 0.25) is 6.10 Å². The number of benzene rings is 2. The number of ether oxygens (including phenoxy) is 2. The van der Waals surface area contributed by atoms with Crippen LogP contribution in [-0.4, -0.2) is 18.6 Å². The van der Waals surface area contributed by atoms with Gasteiger partial charge >= 0.3 is 0 Å². The summed E-state index contributed by atoms with van der Waals surface area (Å²) in [7, 11) is 0. The largest absolute Gasteiger partial charge is 0.485 e. The van der Waals surface area contributed by atoms with Gasteiger partial charge in [-0.05, 0) is 41.3 Å². The van der Waals surface area contributed by atoms with Crippen molar-refractivity contribution in [3.63, 3.8) is 0 Å². The lowest BCUT2D eigenvalue weighted by Gasteiger charge is -2.27. The van der Waals surface area contributed by atoms with Crippen molar-refractivity contribution >= 4 is 17.2 Å². The highest BCUT2D eigenvalue weighted by molar-refractivity contribution is 7.10. The molecular formula is C20H16FNO3S. The van der Waals surface area contributed by atoms with E-state index >= 15 is 0 Å². The van der Waals surface area contributed by atoms with Gasteiger partial charge in [0.05, 0.1) is 6.04 Å². The number of rotatable bonds is 4. The Kier molecular flexibility index (Phi) is 4.58. The maximum atomic E-state index is 13.3. The summed E-state index contributed by atoms with van der Waals surface area (Å²) in [6, 6.07) is 16.9. The molecule has 0 fully saturated rings. The van der Waals surface area contributed by atoms with E-state index in [9.17, 15) is 9.18 Å². The topological polar surface area (TPSA) is 47.6 Å². The van der Waals surface area contributed by atoms with Crippen molar-refractivity contribution in [2.75, 3.05) is 6.61 Å². The van der Waals surface area contributed by atoms with Crippen LogP contribution in [-0.2, 0) is 4.79 Å². The van der Waals surface area contributed by atoms with Crippen LogP contribution < -0.4 is 14.8 Å². The first kappa shape index (κ1) is 16.6. The molecule has 1 aromatic heterocycles. The first-order valence-electron chi connectivity index (χ1n) is 8.18. The summed E-state index contributed by atoms with van der Waals surface area (Å²) in [5.74, 6) is 0.589. The van der Waals surface area contributed by atoms with E-state index in [0.717, 1.165) is 10.4 Å². The third kappa shape index (κ3) is 3.41. The van der Waals surface area contributed by atoms with Crippen LogP contribution in [0, 0.1) is 5.82 Å². The number of hydrogen-bond donors (Lipinski definition) is 1. The molecule has 3 aromatic rings. The molecule has 2 aromatic carbocycles. The van der Waals surface area contributed by atoms with Crippen LogP contribution in [0.3, 0.4) is 0 Å². The summed E-state index contributed by atoms with van der Waals surface area (Å²) in [6.45, 7) is 0.142. The Hall–Kier alpha value is -2.86. The molecule has 0 radical (unpaired) electrons. The van der Waals surface area contributed by atoms with E-state index in [1.807, 2.05) is 29.6 Å². The van der Waals surface area contributed by atoms with Gasteiger partial charge in [-0.15, -0.1) is 11.3 Å². The highest BCUT2D eigenvalue weighted by Crippen LogP contribution is 2.32. The Balaban J connectivity index is 1.54. The van der Waals surface area contributed by atoms with E-state index in [0.29, 0.717) is 11.5 Å². The molecule has 0 spiro atoms. The lowest BCUT2D eigenvalue weighted by atomic mass is 10.0. The molecule has 6 heteroatoms. The molecule has 0 saturated heterocycles. The molecule has 2 unspecified atom stereocenters. The number of halogens is 1. The predicted octanol–water partition coefficient (Wildman–Crippen LogP) is 3.93. The minimum Gasteiger partial charge on any atom is -0.485 e. The molecule has 1 aliphatic heterocycles. The van der Waals surface area contributed by atoms with Crippen molar-refractivity contribution in [1.29, 1.82) is 0 Å². The summed E-state index contributed by atoms with van der Waals surface area (Å²) < 4.78 is 24.7. The maximum Gasteiger partial charge on any atom is 0.265 e. The molecule has 1 N–H and O–H groups in total. The average molecular weight is 369 g/mol. The van der Waals surface area contributed by atoms with Gasteiger partial charge in [0.1, 0.15) is 12.4 Å². The molecular weight excluding hydrogens is 353 g/mol. The monoisotopic (exact) mass is 369 g/mol. The number of thiophene rings is 1. The Morgan fingerprint density at radius 3 is 2.58 bits per heavy atom. The van der Waals surface area contributed by atoms with E-state index in [1.54, 1.807) is 24.3 Å². The summed E-state index contributed by atoms with van der Waals surface area (Å²) in [5, 5.41) is 4.94. The van der Waals surface area contributed by atoms with Crippen molar-refractivity contribution in [3.05, 3.63) is 82.3 Å². The molecule has 4 rings (SSSR count). The molecule has 2 heterocycles. The van der Waals surface area contributed by atoms with E-state index < -0.39 is 6.10 Å². The second-order valence-electron chi connectivity index (χ2n) is 5.87. The third-order valence-corrected chi connectivity index (χ3v) is 5.06. The first-order chi connectivity index (χ1) is 12.7. The van der Waals surface area contributed by atoms with Crippen LogP contribution in [0.5, 0.6) is 11.5 Å². The maximum absolute atomic E-state index is 13.3. The second kappa shape index (κ2) is 7.17. The fourth-order valence-electron chi connectivity index (χ4n) is 2.81. The molecule has 0 saturated carbocycles. The quantitative estimate of drug-likeness (QED) is 0.758. The van der Waals surface area contributed by atoms with Crippen molar-refractivity contribution in [2.45, 2.75) is 12.1 Å². The van der Waals surface area contributed by atoms with Crippen molar-refractivity contribution in [1.82, 2.24) is 5.32 Å². The van der Waals surface area contributed by atoms with Crippen molar-refractivity contribution in [3.8, 4) is 11.5 Å².